The second-order valence-electron chi connectivity index (χ2n) is 9.54. The van der Waals surface area contributed by atoms with E-state index in [0.717, 1.165) is 46.1 Å². The van der Waals surface area contributed by atoms with E-state index in [0.29, 0.717) is 17.1 Å². The average Bonchev–Trinajstić information content (AvgIpc) is 3.60. The van der Waals surface area contributed by atoms with Gasteiger partial charge in [-0.25, -0.2) is 0 Å². The number of hydrogen-bond acceptors (Lipinski definition) is 2. The zero-order valence-corrected chi connectivity index (χ0v) is 21.1. The van der Waals surface area contributed by atoms with Crippen LogP contribution in [0.15, 0.2) is 51.4 Å². The second kappa shape index (κ2) is 9.42. The summed E-state index contributed by atoms with van der Waals surface area (Å²) in [4.78, 5) is 22.5. The lowest BCUT2D eigenvalue weighted by molar-refractivity contribution is -0.137. The van der Waals surface area contributed by atoms with Crippen molar-refractivity contribution >= 4 is 43.6 Å². The second-order valence-corrected chi connectivity index (χ2v) is 11.4. The van der Waals surface area contributed by atoms with Gasteiger partial charge < -0.3 is 5.11 Å². The lowest BCUT2D eigenvalue weighted by Gasteiger charge is -2.25. The van der Waals surface area contributed by atoms with Crippen LogP contribution < -0.4 is 0 Å². The Morgan fingerprint density at radius 1 is 1.03 bits per heavy atom. The van der Waals surface area contributed by atoms with Crippen LogP contribution in [-0.4, -0.2) is 16.9 Å². The van der Waals surface area contributed by atoms with Gasteiger partial charge in [0.2, 0.25) is 0 Å². The summed E-state index contributed by atoms with van der Waals surface area (Å²) in [6.07, 6.45) is 5.18. The predicted octanol–water partition coefficient (Wildman–Crippen LogP) is 7.93. The number of benzene rings is 2. The number of carbonyl (C=O) groups excluding carboxylic acids is 1. The fourth-order valence-corrected chi connectivity index (χ4v) is 6.12. The van der Waals surface area contributed by atoms with E-state index in [9.17, 15) is 9.59 Å². The number of fused-ring (bicyclic) bond motifs is 2. The Morgan fingerprint density at radius 3 is 2.16 bits per heavy atom. The largest absolute Gasteiger partial charge is 0.481 e. The van der Waals surface area contributed by atoms with Gasteiger partial charge in [-0.2, -0.15) is 0 Å². The minimum absolute atomic E-state index is 0. The van der Waals surface area contributed by atoms with E-state index in [1.54, 1.807) is 0 Å². The van der Waals surface area contributed by atoms with E-state index < -0.39 is 5.97 Å². The lowest BCUT2D eigenvalue weighted by atomic mass is 9.78. The maximum absolute atomic E-state index is 11.8. The first-order valence-corrected chi connectivity index (χ1v) is 12.6. The summed E-state index contributed by atoms with van der Waals surface area (Å²) in [6, 6.07) is 14.5. The molecule has 2 aromatic carbocycles. The third-order valence-corrected chi connectivity index (χ3v) is 8.75. The fraction of sp³-hybridized carbons (Fsp3) is 0.481. The van der Waals surface area contributed by atoms with Crippen molar-refractivity contribution in [2.24, 2.45) is 11.8 Å². The van der Waals surface area contributed by atoms with Gasteiger partial charge in [0, 0.05) is 27.4 Å². The molecule has 2 saturated carbocycles. The Bertz CT molecular complexity index is 1020. The number of carboxylic acid groups (broad SMARTS) is 1. The van der Waals surface area contributed by atoms with Crippen LogP contribution in [0.25, 0.3) is 0 Å². The van der Waals surface area contributed by atoms with E-state index >= 15 is 0 Å². The maximum atomic E-state index is 11.8. The standard InChI is InChI=1S/C13H15BrO2.C13H13BrO.CH4/c1-9-8-13(9,7-6-12(15)16)10-2-4-11(14)5-3-10;1-8-7-13(8)5-4-12(15)10-6-9(14)2-3-11(10)13;/h2-5,9H,6-8H2,1H3,(H,15,16);2-3,6,8H,4-5,7H2,1H3;1H4. The molecule has 5 heteroatoms. The number of Topliss-reactive ketones (excluding diaryl/α,β-unsaturated/α-hetero) is 1. The molecular weight excluding hydrogens is 532 g/mol. The molecule has 0 aliphatic heterocycles. The molecule has 3 aliphatic rings. The molecule has 2 fully saturated rings. The number of aliphatic carboxylic acids is 1. The Balaban J connectivity index is 0.000000175. The van der Waals surface area contributed by atoms with Gasteiger partial charge in [-0.05, 0) is 83.7 Å². The molecule has 1 N–H and O–H groups in total. The smallest absolute Gasteiger partial charge is 0.303 e. The van der Waals surface area contributed by atoms with E-state index in [2.05, 4.69) is 70.0 Å². The molecule has 4 unspecified atom stereocenters. The van der Waals surface area contributed by atoms with E-state index in [1.807, 2.05) is 18.2 Å². The minimum Gasteiger partial charge on any atom is -0.481 e. The third-order valence-electron chi connectivity index (χ3n) is 7.73. The van der Waals surface area contributed by atoms with Crippen LogP contribution in [0.2, 0.25) is 0 Å². The summed E-state index contributed by atoms with van der Waals surface area (Å²) >= 11 is 6.85. The zero-order valence-electron chi connectivity index (χ0n) is 18.0. The Labute approximate surface area is 208 Å². The monoisotopic (exact) mass is 562 g/mol. The van der Waals surface area contributed by atoms with Gasteiger partial charge in [-0.3, -0.25) is 9.59 Å². The maximum Gasteiger partial charge on any atom is 0.303 e. The number of halogens is 2. The van der Waals surface area contributed by atoms with Crippen LogP contribution in [0, 0.1) is 11.8 Å². The number of carboxylic acids is 1. The highest BCUT2D eigenvalue weighted by atomic mass is 79.9. The van der Waals surface area contributed by atoms with Crippen molar-refractivity contribution in [1.82, 2.24) is 0 Å². The summed E-state index contributed by atoms with van der Waals surface area (Å²) in [6.45, 7) is 4.49. The molecule has 32 heavy (non-hydrogen) atoms. The van der Waals surface area contributed by atoms with Crippen LogP contribution in [0.4, 0.5) is 0 Å². The molecule has 3 nitrogen and oxygen atoms in total. The molecule has 0 radical (unpaired) electrons. The van der Waals surface area contributed by atoms with Crippen molar-refractivity contribution in [3.05, 3.63) is 68.1 Å². The highest BCUT2D eigenvalue weighted by molar-refractivity contribution is 9.10. The summed E-state index contributed by atoms with van der Waals surface area (Å²) in [5.41, 5.74) is 4.02. The molecule has 5 rings (SSSR count). The number of ketones is 1. The van der Waals surface area contributed by atoms with Gasteiger partial charge in [-0.1, -0.05) is 71.3 Å². The van der Waals surface area contributed by atoms with Crippen molar-refractivity contribution in [2.75, 3.05) is 0 Å². The first-order chi connectivity index (χ1) is 14.7. The Morgan fingerprint density at radius 2 is 1.62 bits per heavy atom. The SMILES string of the molecule is C.CC1CC1(CCC(=O)O)c1ccc(Br)cc1.CC1CC12CCC(=O)c1cc(Br)ccc12. The predicted molar refractivity (Wildman–Crippen MR) is 136 cm³/mol. The van der Waals surface area contributed by atoms with Crippen molar-refractivity contribution in [2.45, 2.75) is 70.6 Å². The quantitative estimate of drug-likeness (QED) is 0.411. The van der Waals surface area contributed by atoms with Gasteiger partial charge in [0.1, 0.15) is 0 Å². The first-order valence-electron chi connectivity index (χ1n) is 11.0. The summed E-state index contributed by atoms with van der Waals surface area (Å²) < 4.78 is 2.08. The number of hydrogen-bond donors (Lipinski definition) is 1. The fourth-order valence-electron chi connectivity index (χ4n) is 5.49. The summed E-state index contributed by atoms with van der Waals surface area (Å²) in [5.74, 6) is 0.977. The van der Waals surface area contributed by atoms with Crippen molar-refractivity contribution in [3.63, 3.8) is 0 Å². The van der Waals surface area contributed by atoms with Crippen molar-refractivity contribution < 1.29 is 14.7 Å². The zero-order chi connectivity index (χ0) is 22.4. The van der Waals surface area contributed by atoms with Crippen LogP contribution >= 0.6 is 31.9 Å². The van der Waals surface area contributed by atoms with E-state index in [4.69, 9.17) is 5.11 Å². The van der Waals surface area contributed by atoms with Gasteiger partial charge in [0.05, 0.1) is 0 Å². The van der Waals surface area contributed by atoms with Crippen LogP contribution in [0.5, 0.6) is 0 Å². The minimum atomic E-state index is -0.699. The van der Waals surface area contributed by atoms with Crippen LogP contribution in [0.1, 0.15) is 81.3 Å². The van der Waals surface area contributed by atoms with Gasteiger partial charge in [0.15, 0.2) is 5.78 Å². The van der Waals surface area contributed by atoms with Gasteiger partial charge >= 0.3 is 5.97 Å². The summed E-state index contributed by atoms with van der Waals surface area (Å²) in [7, 11) is 0. The van der Waals surface area contributed by atoms with Crippen LogP contribution in [-0.2, 0) is 15.6 Å². The highest BCUT2D eigenvalue weighted by Crippen LogP contribution is 2.60. The molecule has 0 saturated heterocycles. The first kappa shape index (κ1) is 25.2. The van der Waals surface area contributed by atoms with Gasteiger partial charge in [0.25, 0.3) is 0 Å². The molecule has 1 spiro atoms. The highest BCUT2D eigenvalue weighted by Gasteiger charge is 2.55. The van der Waals surface area contributed by atoms with Crippen molar-refractivity contribution in [1.29, 1.82) is 0 Å². The molecule has 0 heterocycles. The topological polar surface area (TPSA) is 54.4 Å². The number of carbonyl (C=O) groups is 2. The number of rotatable bonds is 4. The molecule has 172 valence electrons. The lowest BCUT2D eigenvalue weighted by Crippen LogP contribution is -2.22. The molecule has 3 aliphatic carbocycles. The van der Waals surface area contributed by atoms with Crippen LogP contribution in [0.3, 0.4) is 0 Å². The normalized spacial score (nSPS) is 29.3. The third kappa shape index (κ3) is 4.75. The van der Waals surface area contributed by atoms with Gasteiger partial charge in [-0.15, -0.1) is 0 Å². The Hall–Kier alpha value is -1.46. The molecule has 0 amide bonds. The van der Waals surface area contributed by atoms with E-state index in [1.165, 1.54) is 17.5 Å². The Kier molecular flexibility index (Phi) is 7.41. The molecule has 0 aromatic heterocycles. The summed E-state index contributed by atoms with van der Waals surface area (Å²) in [5, 5.41) is 8.77. The van der Waals surface area contributed by atoms with Crippen molar-refractivity contribution in [3.8, 4) is 0 Å². The molecule has 4 atom stereocenters. The molecule has 0 bridgehead atoms. The van der Waals surface area contributed by atoms with E-state index in [-0.39, 0.29) is 19.3 Å². The molecule has 2 aromatic rings. The molecular formula is C27H32Br2O3. The average molecular weight is 564 g/mol.